The van der Waals surface area contributed by atoms with Gasteiger partial charge >= 0.3 is 6.03 Å². The zero-order valence-electron chi connectivity index (χ0n) is 9.97. The van der Waals surface area contributed by atoms with E-state index in [1.807, 2.05) is 6.92 Å². The lowest BCUT2D eigenvalue weighted by molar-refractivity contribution is 0.231. The molecule has 1 rings (SSSR count). The topological polar surface area (TPSA) is 80.5 Å². The number of hydrogen-bond acceptors (Lipinski definition) is 3. The summed E-state index contributed by atoms with van der Waals surface area (Å²) in [6.45, 7) is 1.88. The van der Waals surface area contributed by atoms with E-state index in [2.05, 4.69) is 0 Å². The Balaban J connectivity index is 3.09. The summed E-state index contributed by atoms with van der Waals surface area (Å²) in [4.78, 5) is 11.0. The van der Waals surface area contributed by atoms with Crippen LogP contribution in [0.5, 0.6) is 0 Å². The van der Waals surface area contributed by atoms with Crippen LogP contribution in [0.25, 0.3) is 0 Å². The molecular weight excluding hydrogens is 259 g/mol. The molecule has 0 aliphatic carbocycles. The van der Waals surface area contributed by atoms with Gasteiger partial charge in [-0.05, 0) is 30.7 Å². The number of carbonyl (C=O) groups excluding carboxylic acids is 1. The quantitative estimate of drug-likeness (QED) is 0.887. The monoisotopic (exact) mass is 274 g/mol. The number of urea groups is 1. The lowest BCUT2D eigenvalue weighted by Crippen LogP contribution is -2.41. The van der Waals surface area contributed by atoms with Crippen LogP contribution in [0.1, 0.15) is 19.8 Å². The molecule has 0 spiro atoms. The highest BCUT2D eigenvalue weighted by Gasteiger charge is 2.26. The second-order valence-corrected chi connectivity index (χ2v) is 5.59. The van der Waals surface area contributed by atoms with Crippen molar-refractivity contribution in [3.8, 4) is 0 Å². The molecule has 0 aliphatic rings. The first kappa shape index (κ1) is 14.4. The van der Waals surface area contributed by atoms with Crippen LogP contribution in [0.15, 0.2) is 29.2 Å². The van der Waals surface area contributed by atoms with Crippen LogP contribution in [-0.4, -0.2) is 25.3 Å². The Morgan fingerprint density at radius 2 is 1.89 bits per heavy atom. The number of nitrogens with zero attached hydrogens (tertiary/aromatic N) is 1. The van der Waals surface area contributed by atoms with Crippen LogP contribution in [0.2, 0.25) is 0 Å². The maximum Gasteiger partial charge on any atom is 0.328 e. The van der Waals surface area contributed by atoms with Gasteiger partial charge in [0.05, 0.1) is 4.90 Å². The third-order valence-electron chi connectivity index (χ3n) is 2.36. The summed E-state index contributed by atoms with van der Waals surface area (Å²) in [5.41, 5.74) is 5.06. The molecule has 5 nitrogen and oxygen atoms in total. The van der Waals surface area contributed by atoms with Crippen LogP contribution in [0.3, 0.4) is 0 Å². The predicted molar refractivity (Wildman–Crippen MR) is 64.8 cm³/mol. The number of amides is 2. The molecule has 100 valence electrons. The van der Waals surface area contributed by atoms with E-state index in [-0.39, 0.29) is 11.4 Å². The van der Waals surface area contributed by atoms with Gasteiger partial charge in [0.2, 0.25) is 0 Å². The third-order valence-corrected chi connectivity index (χ3v) is 4.17. The lowest BCUT2D eigenvalue weighted by atomic mass is 10.3. The number of sulfonamides is 1. The van der Waals surface area contributed by atoms with Gasteiger partial charge in [0, 0.05) is 6.54 Å². The Labute approximate surface area is 105 Å². The molecule has 2 amide bonds. The van der Waals surface area contributed by atoms with Crippen LogP contribution in [0.4, 0.5) is 9.18 Å². The van der Waals surface area contributed by atoms with Crippen molar-refractivity contribution in [2.45, 2.75) is 24.7 Å². The van der Waals surface area contributed by atoms with Crippen molar-refractivity contribution in [2.75, 3.05) is 6.54 Å². The number of carbonyl (C=O) groups is 1. The molecule has 1 aromatic carbocycles. The first-order valence-corrected chi connectivity index (χ1v) is 6.91. The number of halogens is 1. The molecule has 7 heteroatoms. The highest BCUT2D eigenvalue weighted by molar-refractivity contribution is 7.89. The molecule has 0 saturated heterocycles. The van der Waals surface area contributed by atoms with Crippen molar-refractivity contribution >= 4 is 16.1 Å². The van der Waals surface area contributed by atoms with E-state index in [0.717, 1.165) is 30.7 Å². The van der Waals surface area contributed by atoms with Crippen molar-refractivity contribution < 1.29 is 17.6 Å². The van der Waals surface area contributed by atoms with Crippen molar-refractivity contribution in [1.82, 2.24) is 4.31 Å². The standard InChI is InChI=1S/C11H15FN2O3S/c1-2-3-8-14(11(13)15)18(16,17)10-6-4-9(12)5-7-10/h4-7H,2-3,8H2,1H3,(H2,13,15). The van der Waals surface area contributed by atoms with Crippen molar-refractivity contribution in [3.63, 3.8) is 0 Å². The van der Waals surface area contributed by atoms with Crippen molar-refractivity contribution in [3.05, 3.63) is 30.1 Å². The van der Waals surface area contributed by atoms with E-state index in [1.165, 1.54) is 0 Å². The van der Waals surface area contributed by atoms with E-state index in [0.29, 0.717) is 10.7 Å². The number of unbranched alkanes of at least 4 members (excludes halogenated alkanes) is 1. The molecule has 0 fully saturated rings. The molecule has 0 aliphatic heterocycles. The molecular formula is C11H15FN2O3S. The average molecular weight is 274 g/mol. The summed E-state index contributed by atoms with van der Waals surface area (Å²) in [7, 11) is -4.00. The predicted octanol–water partition coefficient (Wildman–Crippen LogP) is 1.70. The van der Waals surface area contributed by atoms with Gasteiger partial charge in [0.1, 0.15) is 5.82 Å². The summed E-state index contributed by atoms with van der Waals surface area (Å²) < 4.78 is 37.5. The molecule has 0 radical (unpaired) electrons. The molecule has 0 atom stereocenters. The average Bonchev–Trinajstić information content (AvgIpc) is 2.29. The SMILES string of the molecule is CCCCN(C(N)=O)S(=O)(=O)c1ccc(F)cc1. The number of nitrogens with two attached hydrogens (primary N) is 1. The lowest BCUT2D eigenvalue weighted by Gasteiger charge is -2.19. The van der Waals surface area contributed by atoms with E-state index in [9.17, 15) is 17.6 Å². The van der Waals surface area contributed by atoms with Gasteiger partial charge in [-0.15, -0.1) is 0 Å². The third kappa shape index (κ3) is 3.19. The Morgan fingerprint density at radius 1 is 1.33 bits per heavy atom. The number of primary amides is 1. The second kappa shape index (κ2) is 5.81. The fourth-order valence-corrected chi connectivity index (χ4v) is 2.73. The molecule has 0 saturated carbocycles. The van der Waals surface area contributed by atoms with Gasteiger partial charge < -0.3 is 5.73 Å². The Hall–Kier alpha value is -1.63. The van der Waals surface area contributed by atoms with Gasteiger partial charge in [0.15, 0.2) is 0 Å². The highest BCUT2D eigenvalue weighted by Crippen LogP contribution is 2.16. The summed E-state index contributed by atoms with van der Waals surface area (Å²) in [5.74, 6) is -0.548. The zero-order valence-corrected chi connectivity index (χ0v) is 10.8. The summed E-state index contributed by atoms with van der Waals surface area (Å²) >= 11 is 0. The Kier molecular flexibility index (Phi) is 4.66. The minimum Gasteiger partial charge on any atom is -0.351 e. The molecule has 0 bridgehead atoms. The van der Waals surface area contributed by atoms with E-state index >= 15 is 0 Å². The zero-order chi connectivity index (χ0) is 13.8. The first-order chi connectivity index (χ1) is 8.39. The van der Waals surface area contributed by atoms with E-state index in [1.54, 1.807) is 0 Å². The van der Waals surface area contributed by atoms with Gasteiger partial charge in [-0.3, -0.25) is 0 Å². The largest absolute Gasteiger partial charge is 0.351 e. The van der Waals surface area contributed by atoms with Gasteiger partial charge in [-0.1, -0.05) is 13.3 Å². The Morgan fingerprint density at radius 3 is 2.33 bits per heavy atom. The summed E-state index contributed by atoms with van der Waals surface area (Å²) in [6.07, 6.45) is 1.24. The summed E-state index contributed by atoms with van der Waals surface area (Å²) in [5, 5.41) is 0. The second-order valence-electron chi connectivity index (χ2n) is 3.72. The molecule has 0 unspecified atom stereocenters. The smallest absolute Gasteiger partial charge is 0.328 e. The molecule has 1 aromatic rings. The van der Waals surface area contributed by atoms with Crippen molar-refractivity contribution in [1.29, 1.82) is 0 Å². The minimum atomic E-state index is -4.00. The maximum atomic E-state index is 12.7. The number of hydrogen-bond donors (Lipinski definition) is 1. The van der Waals surface area contributed by atoms with Crippen LogP contribution in [0, 0.1) is 5.82 Å². The number of rotatable bonds is 5. The fourth-order valence-electron chi connectivity index (χ4n) is 1.38. The molecule has 2 N–H and O–H groups in total. The fraction of sp³-hybridized carbons (Fsp3) is 0.364. The maximum absolute atomic E-state index is 12.7. The van der Waals surface area contributed by atoms with Gasteiger partial charge in [-0.2, -0.15) is 0 Å². The minimum absolute atomic E-state index is 0.0194. The van der Waals surface area contributed by atoms with E-state index in [4.69, 9.17) is 5.73 Å². The van der Waals surface area contributed by atoms with Crippen LogP contribution in [-0.2, 0) is 10.0 Å². The van der Waals surface area contributed by atoms with Gasteiger partial charge in [-0.25, -0.2) is 21.9 Å². The summed E-state index contributed by atoms with van der Waals surface area (Å²) in [6, 6.07) is 3.21. The molecule has 0 aromatic heterocycles. The normalized spacial score (nSPS) is 11.2. The first-order valence-electron chi connectivity index (χ1n) is 5.47. The van der Waals surface area contributed by atoms with Crippen LogP contribution < -0.4 is 5.73 Å². The molecule has 0 heterocycles. The number of benzene rings is 1. The Bertz CT molecular complexity index is 514. The highest BCUT2D eigenvalue weighted by atomic mass is 32.2. The van der Waals surface area contributed by atoms with Crippen LogP contribution >= 0.6 is 0 Å². The van der Waals surface area contributed by atoms with Gasteiger partial charge in [0.25, 0.3) is 10.0 Å². The van der Waals surface area contributed by atoms with E-state index < -0.39 is 21.9 Å². The molecule has 18 heavy (non-hydrogen) atoms. The van der Waals surface area contributed by atoms with Crippen molar-refractivity contribution in [2.24, 2.45) is 5.73 Å².